The number of likely N-dealkylation sites (N-methyl/N-ethyl adjacent to an activating group) is 1. The molecule has 0 aliphatic carbocycles. The summed E-state index contributed by atoms with van der Waals surface area (Å²) >= 11 is 0. The summed E-state index contributed by atoms with van der Waals surface area (Å²) in [6, 6.07) is 6.38. The highest BCUT2D eigenvalue weighted by atomic mass is 16.4. The molecule has 11 nitrogen and oxygen atoms in total. The van der Waals surface area contributed by atoms with E-state index in [1.807, 2.05) is 0 Å². The van der Waals surface area contributed by atoms with Gasteiger partial charge in [-0.3, -0.25) is 29.3 Å². The Bertz CT molecular complexity index is 816. The Morgan fingerprint density at radius 1 is 1.03 bits per heavy atom. The molecule has 0 bridgehead atoms. The number of nitrogens with two attached hydrogens (primary N) is 3. The van der Waals surface area contributed by atoms with Crippen molar-refractivity contribution < 1.29 is 29.1 Å². The van der Waals surface area contributed by atoms with E-state index in [0.29, 0.717) is 0 Å². The fraction of sp³-hybridized carbons (Fsp3) is 0.450. The average molecular weight is 435 g/mol. The van der Waals surface area contributed by atoms with Gasteiger partial charge in [0, 0.05) is 12.8 Å². The van der Waals surface area contributed by atoms with Gasteiger partial charge < -0.3 is 27.6 Å². The molecule has 0 aliphatic rings. The van der Waals surface area contributed by atoms with Crippen LogP contribution in [-0.4, -0.2) is 59.3 Å². The normalized spacial score (nSPS) is 14.7. The minimum atomic E-state index is -1.42. The maximum absolute atomic E-state index is 13.0. The van der Waals surface area contributed by atoms with E-state index in [2.05, 4.69) is 10.6 Å². The summed E-state index contributed by atoms with van der Waals surface area (Å²) in [5.41, 5.74) is 15.6. The largest absolute Gasteiger partial charge is 0.481 e. The van der Waals surface area contributed by atoms with E-state index >= 15 is 0 Å². The highest BCUT2D eigenvalue weighted by Crippen LogP contribution is 2.21. The van der Waals surface area contributed by atoms with Crippen molar-refractivity contribution in [2.24, 2.45) is 17.2 Å². The number of carboxylic acids is 1. The first-order valence-corrected chi connectivity index (χ1v) is 9.63. The molecule has 170 valence electrons. The lowest BCUT2D eigenvalue weighted by Crippen LogP contribution is -2.60. The van der Waals surface area contributed by atoms with E-state index < -0.39 is 53.5 Å². The standard InChI is InChI=1S/C20H29N5O6/c1-24-20(11-12-5-3-2-4-6-12,8-7-15(26)13(21)9-16(23)27)19(31)25-18(30)14(22)10-17(28)29/h2-6,13-14,24H,7-11,21-22H2,1H3,(H2,23,27)(H,28,29)(H,25,30,31)/t13-,14-,20?/m0/s1. The molecule has 0 saturated carbocycles. The van der Waals surface area contributed by atoms with Crippen LogP contribution < -0.4 is 27.8 Å². The number of hydrogen-bond acceptors (Lipinski definition) is 8. The summed E-state index contributed by atoms with van der Waals surface area (Å²) in [6.45, 7) is 0. The van der Waals surface area contributed by atoms with Gasteiger partial charge in [-0.15, -0.1) is 0 Å². The fourth-order valence-corrected chi connectivity index (χ4v) is 3.01. The summed E-state index contributed by atoms with van der Waals surface area (Å²) in [5, 5.41) is 13.8. The SMILES string of the molecule is CNC(CCC(=O)[C@@H](N)CC(N)=O)(Cc1ccccc1)C(=O)NC(=O)[C@@H](N)CC(=O)O. The van der Waals surface area contributed by atoms with E-state index in [-0.39, 0.29) is 25.7 Å². The molecule has 31 heavy (non-hydrogen) atoms. The summed E-state index contributed by atoms with van der Waals surface area (Å²) in [6.07, 6.45) is -1.05. The zero-order valence-electron chi connectivity index (χ0n) is 17.3. The first kappa shape index (κ1) is 25.9. The number of imide groups is 1. The number of carbonyl (C=O) groups excluding carboxylic acids is 4. The molecule has 0 aliphatic heterocycles. The third-order valence-electron chi connectivity index (χ3n) is 4.86. The van der Waals surface area contributed by atoms with Gasteiger partial charge in [-0.25, -0.2) is 0 Å². The van der Waals surface area contributed by atoms with Crippen molar-refractivity contribution in [1.82, 2.24) is 10.6 Å². The number of benzene rings is 1. The Balaban J connectivity index is 3.06. The number of amides is 3. The van der Waals surface area contributed by atoms with Gasteiger partial charge in [0.05, 0.1) is 18.5 Å². The van der Waals surface area contributed by atoms with Gasteiger partial charge in [-0.2, -0.15) is 0 Å². The van der Waals surface area contributed by atoms with Crippen LogP contribution in [0, 0.1) is 0 Å². The summed E-state index contributed by atoms with van der Waals surface area (Å²) in [4.78, 5) is 59.3. The van der Waals surface area contributed by atoms with Gasteiger partial charge in [0.15, 0.2) is 0 Å². The van der Waals surface area contributed by atoms with Crippen LogP contribution in [0.3, 0.4) is 0 Å². The first-order valence-electron chi connectivity index (χ1n) is 9.63. The van der Waals surface area contributed by atoms with Crippen LogP contribution in [0.5, 0.6) is 0 Å². The van der Waals surface area contributed by atoms with Crippen molar-refractivity contribution in [3.8, 4) is 0 Å². The number of hydrogen-bond donors (Lipinski definition) is 6. The number of aliphatic carboxylic acids is 1. The van der Waals surface area contributed by atoms with Crippen molar-refractivity contribution in [3.05, 3.63) is 35.9 Å². The Morgan fingerprint density at radius 2 is 1.65 bits per heavy atom. The quantitative estimate of drug-likeness (QED) is 0.206. The topological polar surface area (TPSA) is 208 Å². The van der Waals surface area contributed by atoms with Gasteiger partial charge >= 0.3 is 5.97 Å². The Kier molecular flexibility index (Phi) is 9.93. The second-order valence-corrected chi connectivity index (χ2v) is 7.26. The second kappa shape index (κ2) is 11.9. The van der Waals surface area contributed by atoms with Crippen LogP contribution in [0.2, 0.25) is 0 Å². The van der Waals surface area contributed by atoms with Crippen LogP contribution in [-0.2, 0) is 30.4 Å². The number of Topliss-reactive ketones (excluding diaryl/α,β-unsaturated/α-hetero) is 1. The van der Waals surface area contributed by atoms with Crippen LogP contribution >= 0.6 is 0 Å². The molecular weight excluding hydrogens is 406 g/mol. The van der Waals surface area contributed by atoms with Crippen molar-refractivity contribution in [2.75, 3.05) is 7.05 Å². The summed E-state index contributed by atoms with van der Waals surface area (Å²) < 4.78 is 0. The molecular formula is C20H29N5O6. The third-order valence-corrected chi connectivity index (χ3v) is 4.86. The average Bonchev–Trinajstić information content (AvgIpc) is 2.70. The van der Waals surface area contributed by atoms with Gasteiger partial charge in [-0.05, 0) is 25.5 Å². The lowest BCUT2D eigenvalue weighted by Gasteiger charge is -2.32. The lowest BCUT2D eigenvalue weighted by atomic mass is 9.83. The van der Waals surface area contributed by atoms with Gasteiger partial charge in [-0.1, -0.05) is 30.3 Å². The predicted octanol–water partition coefficient (Wildman–Crippen LogP) is -1.82. The van der Waals surface area contributed by atoms with Crippen molar-refractivity contribution >= 4 is 29.5 Å². The van der Waals surface area contributed by atoms with Crippen molar-refractivity contribution in [3.63, 3.8) is 0 Å². The summed E-state index contributed by atoms with van der Waals surface area (Å²) in [7, 11) is 1.50. The molecule has 11 heteroatoms. The van der Waals surface area contributed by atoms with E-state index in [1.54, 1.807) is 30.3 Å². The highest BCUT2D eigenvalue weighted by Gasteiger charge is 2.39. The number of ketones is 1. The van der Waals surface area contributed by atoms with Gasteiger partial charge in [0.2, 0.25) is 17.7 Å². The second-order valence-electron chi connectivity index (χ2n) is 7.26. The highest BCUT2D eigenvalue weighted by molar-refractivity contribution is 6.03. The van der Waals surface area contributed by atoms with Gasteiger partial charge in [0.25, 0.3) is 0 Å². The van der Waals surface area contributed by atoms with E-state index in [9.17, 15) is 24.0 Å². The van der Waals surface area contributed by atoms with Crippen LogP contribution in [0.4, 0.5) is 0 Å². The maximum Gasteiger partial charge on any atom is 0.305 e. The van der Waals surface area contributed by atoms with E-state index in [1.165, 1.54) is 7.05 Å². The number of nitrogens with one attached hydrogen (secondary N) is 2. The Labute approximate surface area is 179 Å². The van der Waals surface area contributed by atoms with E-state index in [4.69, 9.17) is 22.3 Å². The Hall–Kier alpha value is -3.15. The molecule has 0 spiro atoms. The molecule has 0 fully saturated rings. The molecule has 1 rings (SSSR count). The number of carbonyl (C=O) groups is 5. The fourth-order valence-electron chi connectivity index (χ4n) is 3.01. The first-order chi connectivity index (χ1) is 14.5. The third kappa shape index (κ3) is 8.24. The van der Waals surface area contributed by atoms with Crippen LogP contribution in [0.25, 0.3) is 0 Å². The molecule has 0 aromatic heterocycles. The monoisotopic (exact) mass is 435 g/mol. The summed E-state index contributed by atoms with van der Waals surface area (Å²) in [5.74, 6) is -4.18. The Morgan fingerprint density at radius 3 is 2.16 bits per heavy atom. The number of carboxylic acid groups (broad SMARTS) is 1. The zero-order chi connectivity index (χ0) is 23.6. The van der Waals surface area contributed by atoms with Crippen LogP contribution in [0.15, 0.2) is 30.3 Å². The molecule has 3 amide bonds. The molecule has 1 aromatic rings. The minimum absolute atomic E-state index is 0.0447. The van der Waals surface area contributed by atoms with Crippen molar-refractivity contribution in [1.29, 1.82) is 0 Å². The number of primary amides is 1. The van der Waals surface area contributed by atoms with E-state index in [0.717, 1.165) is 5.56 Å². The lowest BCUT2D eigenvalue weighted by molar-refractivity contribution is -0.141. The molecule has 0 radical (unpaired) electrons. The predicted molar refractivity (Wildman–Crippen MR) is 111 cm³/mol. The molecule has 1 aromatic carbocycles. The van der Waals surface area contributed by atoms with Gasteiger partial charge in [0.1, 0.15) is 11.3 Å². The molecule has 9 N–H and O–H groups in total. The molecule has 0 saturated heterocycles. The molecule has 1 unspecified atom stereocenters. The smallest absolute Gasteiger partial charge is 0.305 e. The zero-order valence-corrected chi connectivity index (χ0v) is 17.3. The molecule has 0 heterocycles. The van der Waals surface area contributed by atoms with Crippen LogP contribution in [0.1, 0.15) is 31.2 Å². The molecule has 3 atom stereocenters. The van der Waals surface area contributed by atoms with Crippen molar-refractivity contribution in [2.45, 2.75) is 49.7 Å². The maximum atomic E-state index is 13.0. The number of rotatable bonds is 13. The minimum Gasteiger partial charge on any atom is -0.481 e.